The summed E-state index contributed by atoms with van der Waals surface area (Å²) in [6, 6.07) is 8.25. The molecule has 0 saturated heterocycles. The van der Waals surface area contributed by atoms with Crippen molar-refractivity contribution in [1.29, 1.82) is 0 Å². The van der Waals surface area contributed by atoms with Gasteiger partial charge >= 0.3 is 0 Å². The summed E-state index contributed by atoms with van der Waals surface area (Å²) in [5.74, 6) is 0. The van der Waals surface area contributed by atoms with E-state index in [0.29, 0.717) is 6.54 Å². The second-order valence-corrected chi connectivity index (χ2v) is 3.12. The molecular formula is C11H16NO. The fraction of sp³-hybridized carbons (Fsp3) is 0.455. The summed E-state index contributed by atoms with van der Waals surface area (Å²) >= 11 is 0. The molecule has 1 rings (SSSR count). The van der Waals surface area contributed by atoms with E-state index in [1.807, 2.05) is 12.1 Å². The Morgan fingerprint density at radius 2 is 2.15 bits per heavy atom. The van der Waals surface area contributed by atoms with Gasteiger partial charge in [0.1, 0.15) is 0 Å². The van der Waals surface area contributed by atoms with E-state index >= 15 is 0 Å². The van der Waals surface area contributed by atoms with Crippen LogP contribution in [0, 0.1) is 6.92 Å². The molecule has 0 heterocycles. The van der Waals surface area contributed by atoms with Crippen LogP contribution in [0.1, 0.15) is 12.5 Å². The Bertz CT molecular complexity index is 260. The number of rotatable bonds is 4. The molecule has 0 aromatic heterocycles. The minimum absolute atomic E-state index is 0.0399. The largest absolute Gasteiger partial charge is 0.369 e. The highest BCUT2D eigenvalue weighted by Gasteiger charge is 2.02. The zero-order valence-corrected chi connectivity index (χ0v) is 8.29. The molecule has 0 aliphatic heterocycles. The molecule has 0 amide bonds. The van der Waals surface area contributed by atoms with E-state index in [1.165, 1.54) is 5.56 Å². The molecule has 1 aromatic carbocycles. The van der Waals surface area contributed by atoms with Gasteiger partial charge in [0.2, 0.25) is 0 Å². The van der Waals surface area contributed by atoms with Gasteiger partial charge in [-0.2, -0.15) is 0 Å². The number of aryl methyl sites for hydroxylation is 1. The van der Waals surface area contributed by atoms with E-state index in [1.54, 1.807) is 0 Å². The Morgan fingerprint density at radius 1 is 1.38 bits per heavy atom. The molecule has 2 heteroatoms. The van der Waals surface area contributed by atoms with Gasteiger partial charge in [-0.3, -0.25) is 0 Å². The quantitative estimate of drug-likeness (QED) is 0.693. The van der Waals surface area contributed by atoms with Gasteiger partial charge in [0.05, 0.1) is 6.61 Å². The molecule has 0 saturated carbocycles. The molecule has 2 nitrogen and oxygen atoms in total. The summed E-state index contributed by atoms with van der Waals surface area (Å²) in [6.07, 6.45) is 0. The first kappa shape index (κ1) is 10.1. The highest BCUT2D eigenvalue weighted by atomic mass is 16.3. The third kappa shape index (κ3) is 2.74. The van der Waals surface area contributed by atoms with Crippen LogP contribution in [0.5, 0.6) is 0 Å². The van der Waals surface area contributed by atoms with Crippen molar-refractivity contribution in [3.8, 4) is 0 Å². The number of likely N-dealkylation sites (N-methyl/N-ethyl adjacent to an activating group) is 1. The predicted octanol–water partition coefficient (Wildman–Crippen LogP) is 2.25. The van der Waals surface area contributed by atoms with Crippen molar-refractivity contribution in [2.45, 2.75) is 13.8 Å². The van der Waals surface area contributed by atoms with E-state index in [9.17, 15) is 5.11 Å². The fourth-order valence-corrected chi connectivity index (χ4v) is 1.40. The monoisotopic (exact) mass is 178 g/mol. The average molecular weight is 178 g/mol. The van der Waals surface area contributed by atoms with E-state index in [2.05, 4.69) is 30.9 Å². The number of nitrogens with zero attached hydrogens (tertiary/aromatic N) is 1. The number of hydrogen-bond acceptors (Lipinski definition) is 1. The van der Waals surface area contributed by atoms with Gasteiger partial charge in [-0.25, -0.2) is 5.11 Å². The van der Waals surface area contributed by atoms with E-state index < -0.39 is 0 Å². The van der Waals surface area contributed by atoms with Crippen molar-refractivity contribution in [1.82, 2.24) is 0 Å². The molecule has 0 aliphatic rings. The van der Waals surface area contributed by atoms with Gasteiger partial charge in [-0.15, -0.1) is 0 Å². The molecule has 0 aliphatic carbocycles. The van der Waals surface area contributed by atoms with Crippen LogP contribution in [0.2, 0.25) is 0 Å². The molecule has 0 fully saturated rings. The molecule has 0 spiro atoms. The fourth-order valence-electron chi connectivity index (χ4n) is 1.40. The van der Waals surface area contributed by atoms with Crippen molar-refractivity contribution < 1.29 is 5.11 Å². The molecule has 13 heavy (non-hydrogen) atoms. The van der Waals surface area contributed by atoms with Gasteiger partial charge in [-0.05, 0) is 31.5 Å². The normalized spacial score (nSPS) is 10.1. The number of benzene rings is 1. The van der Waals surface area contributed by atoms with Crippen molar-refractivity contribution in [2.75, 3.05) is 24.6 Å². The van der Waals surface area contributed by atoms with Gasteiger partial charge in [0, 0.05) is 18.8 Å². The summed E-state index contributed by atoms with van der Waals surface area (Å²) in [5, 5.41) is 10.5. The van der Waals surface area contributed by atoms with Crippen LogP contribution >= 0.6 is 0 Å². The lowest BCUT2D eigenvalue weighted by molar-refractivity contribution is 0.200. The molecule has 1 radical (unpaired) electrons. The number of anilines is 1. The van der Waals surface area contributed by atoms with E-state index in [0.717, 1.165) is 12.2 Å². The van der Waals surface area contributed by atoms with E-state index in [4.69, 9.17) is 0 Å². The maximum atomic E-state index is 10.5. The third-order valence-corrected chi connectivity index (χ3v) is 2.11. The summed E-state index contributed by atoms with van der Waals surface area (Å²) in [4.78, 5) is 2.10. The minimum Gasteiger partial charge on any atom is -0.369 e. The molecule has 71 valence electrons. The first-order chi connectivity index (χ1) is 6.27. The first-order valence-corrected chi connectivity index (χ1v) is 4.67. The summed E-state index contributed by atoms with van der Waals surface area (Å²) in [5.41, 5.74) is 2.39. The lowest BCUT2D eigenvalue weighted by Crippen LogP contribution is -2.25. The summed E-state index contributed by atoms with van der Waals surface area (Å²) < 4.78 is 0. The van der Waals surface area contributed by atoms with Gasteiger partial charge in [-0.1, -0.05) is 12.1 Å². The highest BCUT2D eigenvalue weighted by Crippen LogP contribution is 2.14. The van der Waals surface area contributed by atoms with Crippen LogP contribution in [0.4, 0.5) is 5.69 Å². The lowest BCUT2D eigenvalue weighted by Gasteiger charge is -2.21. The number of hydrogen-bond donors (Lipinski definition) is 0. The van der Waals surface area contributed by atoms with Crippen LogP contribution < -0.4 is 4.90 Å². The van der Waals surface area contributed by atoms with Crippen LogP contribution in [-0.2, 0) is 5.11 Å². The maximum Gasteiger partial charge on any atom is 0.0997 e. The Balaban J connectivity index is 2.78. The van der Waals surface area contributed by atoms with E-state index in [-0.39, 0.29) is 6.61 Å². The van der Waals surface area contributed by atoms with Crippen molar-refractivity contribution in [3.05, 3.63) is 29.8 Å². The molecule has 0 bridgehead atoms. The maximum absolute atomic E-state index is 10.5. The van der Waals surface area contributed by atoms with Gasteiger partial charge in [0.15, 0.2) is 0 Å². The van der Waals surface area contributed by atoms with Crippen LogP contribution in [-0.4, -0.2) is 19.7 Å². The second-order valence-electron chi connectivity index (χ2n) is 3.12. The zero-order valence-electron chi connectivity index (χ0n) is 8.29. The molecular weight excluding hydrogens is 162 g/mol. The van der Waals surface area contributed by atoms with Crippen LogP contribution in [0.15, 0.2) is 24.3 Å². The van der Waals surface area contributed by atoms with Gasteiger partial charge in [0.25, 0.3) is 0 Å². The molecule has 0 atom stereocenters. The molecule has 1 aromatic rings. The second kappa shape index (κ2) is 4.87. The van der Waals surface area contributed by atoms with Crippen molar-refractivity contribution >= 4 is 5.69 Å². The van der Waals surface area contributed by atoms with Crippen molar-refractivity contribution in [3.63, 3.8) is 0 Å². The standard InChI is InChI=1S/C11H16NO/c1-3-12(7-8-13)11-6-4-5-10(2)9-11/h4-6,9H,3,7-8H2,1-2H3. The Morgan fingerprint density at radius 3 is 2.69 bits per heavy atom. The molecule has 0 N–H and O–H groups in total. The van der Waals surface area contributed by atoms with Crippen molar-refractivity contribution in [2.24, 2.45) is 0 Å². The molecule has 0 unspecified atom stereocenters. The smallest absolute Gasteiger partial charge is 0.0997 e. The predicted molar refractivity (Wildman–Crippen MR) is 54.6 cm³/mol. The SMILES string of the molecule is CCN(CC[O])c1cccc(C)c1. The van der Waals surface area contributed by atoms with Crippen LogP contribution in [0.3, 0.4) is 0 Å². The highest BCUT2D eigenvalue weighted by molar-refractivity contribution is 5.48. The minimum atomic E-state index is -0.0399. The first-order valence-electron chi connectivity index (χ1n) is 4.67. The topological polar surface area (TPSA) is 23.1 Å². The Kier molecular flexibility index (Phi) is 3.77. The zero-order chi connectivity index (χ0) is 9.68. The summed E-state index contributed by atoms with van der Waals surface area (Å²) in [7, 11) is 0. The van der Waals surface area contributed by atoms with Crippen LogP contribution in [0.25, 0.3) is 0 Å². The summed E-state index contributed by atoms with van der Waals surface area (Å²) in [6.45, 7) is 5.58. The Labute approximate surface area is 79.8 Å². The third-order valence-electron chi connectivity index (χ3n) is 2.11. The van der Waals surface area contributed by atoms with Gasteiger partial charge < -0.3 is 4.90 Å². The Hall–Kier alpha value is -1.02. The lowest BCUT2D eigenvalue weighted by atomic mass is 10.2. The average Bonchev–Trinajstić information content (AvgIpc) is 2.14.